The van der Waals surface area contributed by atoms with E-state index in [1.165, 1.54) is 212 Å². The molecule has 100 heavy (non-hydrogen) atoms. The van der Waals surface area contributed by atoms with Crippen LogP contribution in [0.25, 0.3) is 0 Å². The molecule has 0 heterocycles. The lowest BCUT2D eigenvalue weighted by Crippen LogP contribution is -2.30. The van der Waals surface area contributed by atoms with Gasteiger partial charge in [-0.05, 0) is 49.4 Å². The molecule has 0 radical (unpaired) electrons. The van der Waals surface area contributed by atoms with Gasteiger partial charge >= 0.3 is 39.5 Å². The number of carbonyl (C=O) groups excluding carboxylic acids is 4. The first-order valence-electron chi connectivity index (χ1n) is 41.8. The van der Waals surface area contributed by atoms with Crippen LogP contribution in [0, 0.1) is 23.7 Å². The molecule has 7 atom stereocenters. The van der Waals surface area contributed by atoms with Gasteiger partial charge in [0.2, 0.25) is 0 Å². The van der Waals surface area contributed by atoms with Crippen LogP contribution in [-0.2, 0) is 65.4 Å². The van der Waals surface area contributed by atoms with E-state index in [0.717, 1.165) is 114 Å². The number of esters is 4. The van der Waals surface area contributed by atoms with Crippen molar-refractivity contribution in [2.45, 2.75) is 433 Å². The Balaban J connectivity index is 5.19. The van der Waals surface area contributed by atoms with E-state index in [1.54, 1.807) is 0 Å². The molecule has 0 spiro atoms. The van der Waals surface area contributed by atoms with E-state index in [1.807, 2.05) is 0 Å². The minimum absolute atomic E-state index is 0.104. The largest absolute Gasteiger partial charge is 0.472 e. The first-order valence-corrected chi connectivity index (χ1v) is 44.8. The summed E-state index contributed by atoms with van der Waals surface area (Å²) < 4.78 is 68.6. The Morgan fingerprint density at radius 2 is 0.480 bits per heavy atom. The number of hydrogen-bond acceptors (Lipinski definition) is 15. The normalized spacial score (nSPS) is 14.6. The molecule has 0 saturated carbocycles. The Morgan fingerprint density at radius 1 is 0.280 bits per heavy atom. The molecule has 0 aliphatic heterocycles. The zero-order valence-electron chi connectivity index (χ0n) is 65.8. The van der Waals surface area contributed by atoms with Gasteiger partial charge in [-0.2, -0.15) is 0 Å². The predicted octanol–water partition coefficient (Wildman–Crippen LogP) is 24.0. The maximum atomic E-state index is 13.1. The highest BCUT2D eigenvalue weighted by molar-refractivity contribution is 7.47. The highest BCUT2D eigenvalue weighted by Gasteiger charge is 2.30. The van der Waals surface area contributed by atoms with Gasteiger partial charge in [-0.15, -0.1) is 0 Å². The van der Waals surface area contributed by atoms with Crippen molar-refractivity contribution >= 4 is 39.5 Å². The van der Waals surface area contributed by atoms with E-state index < -0.39 is 97.5 Å². The molecule has 0 bridgehead atoms. The summed E-state index contributed by atoms with van der Waals surface area (Å²) in [6.07, 6.45) is 57.1. The topological polar surface area (TPSA) is 237 Å². The Labute approximate surface area is 613 Å². The summed E-state index contributed by atoms with van der Waals surface area (Å²) >= 11 is 0. The van der Waals surface area contributed by atoms with Crippen LogP contribution in [0.1, 0.15) is 415 Å². The van der Waals surface area contributed by atoms with E-state index in [4.69, 9.17) is 37.0 Å². The van der Waals surface area contributed by atoms with Gasteiger partial charge in [0, 0.05) is 25.7 Å². The van der Waals surface area contributed by atoms with Crippen LogP contribution >= 0.6 is 15.6 Å². The Hall–Kier alpha value is -1.94. The predicted molar refractivity (Wildman–Crippen MR) is 409 cm³/mol. The Kier molecular flexibility index (Phi) is 68.7. The summed E-state index contributed by atoms with van der Waals surface area (Å²) in [5, 5.41) is 10.6. The highest BCUT2D eigenvalue weighted by atomic mass is 31.2. The second-order valence-electron chi connectivity index (χ2n) is 30.6. The van der Waals surface area contributed by atoms with Gasteiger partial charge in [-0.1, -0.05) is 364 Å². The summed E-state index contributed by atoms with van der Waals surface area (Å²) in [4.78, 5) is 72.9. The molecule has 3 N–H and O–H groups in total. The molecule has 4 unspecified atom stereocenters. The quantitative estimate of drug-likeness (QED) is 0.0222. The number of phosphoric acid groups is 2. The van der Waals surface area contributed by atoms with Crippen molar-refractivity contribution in [2.24, 2.45) is 23.7 Å². The average molecular weight is 1470 g/mol. The number of carbonyl (C=O) groups is 4. The van der Waals surface area contributed by atoms with Gasteiger partial charge in [0.1, 0.15) is 19.3 Å². The van der Waals surface area contributed by atoms with E-state index >= 15 is 0 Å². The first-order chi connectivity index (χ1) is 48.2. The summed E-state index contributed by atoms with van der Waals surface area (Å²) in [7, 11) is -9.92. The molecular weight excluding hydrogens is 1310 g/mol. The van der Waals surface area contributed by atoms with Crippen molar-refractivity contribution in [2.75, 3.05) is 39.6 Å². The SMILES string of the molecule is CCC(C)CCCCCCCCCCCCCCCCCCCCC(=O)OC[C@H](COP(=O)(O)OC[C@@H](O)COP(=O)(O)OC[C@@H](COC(=O)CCCCCCCCC(C)C)OC(=O)CCCCCCCCCCC(C)CC)OC(=O)CCCCCCCCCCCCCCCCC(C)C. The van der Waals surface area contributed by atoms with Gasteiger partial charge in [0.05, 0.1) is 26.4 Å². The van der Waals surface area contributed by atoms with E-state index in [-0.39, 0.29) is 25.7 Å². The number of unbranched alkanes of at least 4 members (excludes halogenated alkanes) is 42. The van der Waals surface area contributed by atoms with Gasteiger partial charge in [0.25, 0.3) is 0 Å². The number of hydrogen-bond donors (Lipinski definition) is 3. The summed E-state index contributed by atoms with van der Waals surface area (Å²) in [6.45, 7) is 14.2. The zero-order chi connectivity index (χ0) is 73.8. The molecule has 0 aromatic rings. The van der Waals surface area contributed by atoms with Crippen LogP contribution in [0.3, 0.4) is 0 Å². The van der Waals surface area contributed by atoms with Gasteiger partial charge in [0.15, 0.2) is 12.2 Å². The third-order valence-electron chi connectivity index (χ3n) is 19.5. The maximum absolute atomic E-state index is 13.1. The van der Waals surface area contributed by atoms with Crippen molar-refractivity contribution in [3.05, 3.63) is 0 Å². The molecule has 0 aliphatic carbocycles. The molecule has 0 aliphatic rings. The fraction of sp³-hybridized carbons (Fsp3) is 0.951. The minimum Gasteiger partial charge on any atom is -0.462 e. The molecule has 19 heteroatoms. The van der Waals surface area contributed by atoms with Gasteiger partial charge in [-0.25, -0.2) is 9.13 Å². The third-order valence-corrected chi connectivity index (χ3v) is 21.4. The Morgan fingerprint density at radius 3 is 0.710 bits per heavy atom. The van der Waals surface area contributed by atoms with Crippen molar-refractivity contribution < 1.29 is 80.2 Å². The second kappa shape index (κ2) is 70.1. The first kappa shape index (κ1) is 98.1. The molecule has 0 amide bonds. The van der Waals surface area contributed by atoms with Crippen LogP contribution in [0.5, 0.6) is 0 Å². The van der Waals surface area contributed by atoms with E-state index in [2.05, 4.69) is 55.4 Å². The number of aliphatic hydroxyl groups excluding tert-OH is 1. The monoisotopic (exact) mass is 1470 g/mol. The molecule has 17 nitrogen and oxygen atoms in total. The average Bonchev–Trinajstić information content (AvgIpc) is 1.07. The van der Waals surface area contributed by atoms with Crippen molar-refractivity contribution in [3.63, 3.8) is 0 Å². The van der Waals surface area contributed by atoms with Crippen LogP contribution in [0.4, 0.5) is 0 Å². The lowest BCUT2D eigenvalue weighted by molar-refractivity contribution is -0.161. The molecule has 0 saturated heterocycles. The summed E-state index contributed by atoms with van der Waals surface area (Å²) in [5.74, 6) is 0.999. The molecule has 594 valence electrons. The second-order valence-corrected chi connectivity index (χ2v) is 33.5. The molecule has 0 rings (SSSR count). The van der Waals surface area contributed by atoms with Crippen LogP contribution in [0.2, 0.25) is 0 Å². The van der Waals surface area contributed by atoms with Crippen LogP contribution in [-0.4, -0.2) is 96.7 Å². The fourth-order valence-corrected chi connectivity index (χ4v) is 13.9. The number of aliphatic hydroxyl groups is 1. The maximum Gasteiger partial charge on any atom is 0.472 e. The molecule has 0 aromatic heterocycles. The number of ether oxygens (including phenoxy) is 4. The number of phosphoric ester groups is 2. The smallest absolute Gasteiger partial charge is 0.462 e. The van der Waals surface area contributed by atoms with Crippen molar-refractivity contribution in [3.8, 4) is 0 Å². The van der Waals surface area contributed by atoms with Crippen LogP contribution < -0.4 is 0 Å². The molecular formula is C81H158O17P2. The molecule has 0 fully saturated rings. The van der Waals surface area contributed by atoms with Crippen molar-refractivity contribution in [1.82, 2.24) is 0 Å². The summed E-state index contributed by atoms with van der Waals surface area (Å²) in [6, 6.07) is 0. The van der Waals surface area contributed by atoms with E-state index in [9.17, 15) is 43.2 Å². The zero-order valence-corrected chi connectivity index (χ0v) is 67.6. The minimum atomic E-state index is -4.96. The van der Waals surface area contributed by atoms with Gasteiger partial charge < -0.3 is 33.8 Å². The molecule has 0 aromatic carbocycles. The van der Waals surface area contributed by atoms with E-state index in [0.29, 0.717) is 31.6 Å². The highest BCUT2D eigenvalue weighted by Crippen LogP contribution is 2.45. The number of rotatable bonds is 78. The standard InChI is InChI=1S/C81H158O17P2/c1-9-73(7)59-51-43-34-28-24-20-15-13-11-12-14-16-21-25-29-36-45-53-61-78(83)91-67-76(97-80(85)63-55-47-37-30-26-22-18-17-19-23-27-33-41-49-57-71(3)4)69-95-99(87,88)93-65-75(82)66-94-100(89,90)96-70-77(68-92-79(84)62-54-46-40-39-42-50-58-72(5)6)98-81(86)64-56-48-38-32-31-35-44-52-60-74(8)10-2/h71-77,82H,9-70H2,1-8H3,(H,87,88)(H,89,90)/t73?,74?,75-,76-,77-/m1/s1. The van der Waals surface area contributed by atoms with Crippen molar-refractivity contribution in [1.29, 1.82) is 0 Å². The summed E-state index contributed by atoms with van der Waals surface area (Å²) in [5.41, 5.74) is 0. The van der Waals surface area contributed by atoms with Crippen LogP contribution in [0.15, 0.2) is 0 Å². The fourth-order valence-electron chi connectivity index (χ4n) is 12.4. The third kappa shape index (κ3) is 71.7. The Bertz CT molecular complexity index is 1960. The lowest BCUT2D eigenvalue weighted by atomic mass is 9.99. The lowest BCUT2D eigenvalue weighted by Gasteiger charge is -2.21. The van der Waals surface area contributed by atoms with Gasteiger partial charge in [-0.3, -0.25) is 37.3 Å².